The highest BCUT2D eigenvalue weighted by molar-refractivity contribution is 6.04. The minimum atomic E-state index is -1.41. The number of hydrogen-bond acceptors (Lipinski definition) is 6. The standard InChI is InChI=1S/C23H24N4O3/c28-21-3-1-2-10-23(21,29)27-14-19(22(25-27)15-8-11-24-12-9-15)17-4-6-18-16(13-17)5-7-20(18)26-30/h4,6,8-9,11-14,21,28-30H,1-3,5,7,10H2/t21-,23+/m1/s1. The zero-order chi connectivity index (χ0) is 20.7. The van der Waals surface area contributed by atoms with E-state index >= 15 is 0 Å². The molecule has 0 radical (unpaired) electrons. The fraction of sp³-hybridized carbons (Fsp3) is 0.348. The minimum absolute atomic E-state index is 0.464. The van der Waals surface area contributed by atoms with Crippen LogP contribution in [0.2, 0.25) is 0 Å². The SMILES string of the molecule is ON=C1CCc2cc(-c3cn([C@]4(O)CCCC[C@H]4O)nc3-c3ccncc3)ccc21. The first kappa shape index (κ1) is 19.0. The lowest BCUT2D eigenvalue weighted by Gasteiger charge is -2.36. The van der Waals surface area contributed by atoms with Crippen molar-refractivity contribution in [3.8, 4) is 22.4 Å². The second-order valence-corrected chi connectivity index (χ2v) is 8.13. The van der Waals surface area contributed by atoms with E-state index in [4.69, 9.17) is 5.10 Å². The van der Waals surface area contributed by atoms with Gasteiger partial charge >= 0.3 is 0 Å². The lowest BCUT2D eigenvalue weighted by atomic mass is 9.89. The lowest BCUT2D eigenvalue weighted by molar-refractivity contribution is -0.164. The van der Waals surface area contributed by atoms with Gasteiger partial charge in [0, 0.05) is 35.3 Å². The van der Waals surface area contributed by atoms with E-state index in [2.05, 4.69) is 16.2 Å². The molecule has 0 spiro atoms. The third kappa shape index (κ3) is 3.02. The summed E-state index contributed by atoms with van der Waals surface area (Å²) in [7, 11) is 0. The van der Waals surface area contributed by atoms with Crippen molar-refractivity contribution in [3.63, 3.8) is 0 Å². The van der Waals surface area contributed by atoms with Crippen molar-refractivity contribution in [1.82, 2.24) is 14.8 Å². The molecule has 7 heteroatoms. The Hall–Kier alpha value is -3.03. The highest BCUT2D eigenvalue weighted by Crippen LogP contribution is 2.38. The third-order valence-corrected chi connectivity index (χ3v) is 6.35. The smallest absolute Gasteiger partial charge is 0.183 e. The molecule has 1 aromatic carbocycles. The molecule has 7 nitrogen and oxygen atoms in total. The van der Waals surface area contributed by atoms with Gasteiger partial charge < -0.3 is 15.4 Å². The topological polar surface area (TPSA) is 104 Å². The number of aromatic nitrogens is 3. The Balaban J connectivity index is 1.65. The molecule has 2 atom stereocenters. The number of benzene rings is 1. The summed E-state index contributed by atoms with van der Waals surface area (Å²) < 4.78 is 1.54. The molecule has 0 unspecified atom stereocenters. The van der Waals surface area contributed by atoms with Crippen molar-refractivity contribution >= 4 is 5.71 Å². The average molecular weight is 404 g/mol. The summed E-state index contributed by atoms with van der Waals surface area (Å²) in [6.45, 7) is 0. The zero-order valence-corrected chi connectivity index (χ0v) is 16.6. The van der Waals surface area contributed by atoms with Crippen molar-refractivity contribution in [2.24, 2.45) is 5.16 Å². The van der Waals surface area contributed by atoms with Crippen LogP contribution >= 0.6 is 0 Å². The van der Waals surface area contributed by atoms with Crippen molar-refractivity contribution in [2.75, 3.05) is 0 Å². The van der Waals surface area contributed by atoms with Gasteiger partial charge in [-0.25, -0.2) is 4.68 Å². The van der Waals surface area contributed by atoms with Crippen LogP contribution in [0.1, 0.15) is 43.2 Å². The van der Waals surface area contributed by atoms with Gasteiger partial charge in [-0.1, -0.05) is 29.8 Å². The van der Waals surface area contributed by atoms with Gasteiger partial charge in [0.2, 0.25) is 0 Å². The number of fused-ring (bicyclic) bond motifs is 1. The van der Waals surface area contributed by atoms with Crippen LogP contribution in [0.25, 0.3) is 22.4 Å². The predicted octanol–water partition coefficient (Wildman–Crippen LogP) is 3.32. The molecule has 30 heavy (non-hydrogen) atoms. The van der Waals surface area contributed by atoms with Gasteiger partial charge in [-0.2, -0.15) is 5.10 Å². The van der Waals surface area contributed by atoms with Crippen LogP contribution in [-0.4, -0.2) is 42.0 Å². The number of pyridine rings is 1. The maximum Gasteiger partial charge on any atom is 0.183 e. The Morgan fingerprint density at radius 2 is 1.87 bits per heavy atom. The molecule has 0 amide bonds. The van der Waals surface area contributed by atoms with Crippen LogP contribution in [0.3, 0.4) is 0 Å². The highest BCUT2D eigenvalue weighted by Gasteiger charge is 2.41. The third-order valence-electron chi connectivity index (χ3n) is 6.35. The number of hydrogen-bond donors (Lipinski definition) is 3. The van der Waals surface area contributed by atoms with E-state index in [0.717, 1.165) is 59.2 Å². The summed E-state index contributed by atoms with van der Waals surface area (Å²) in [5.74, 6) is 0. The molecule has 0 bridgehead atoms. The number of aliphatic hydroxyl groups excluding tert-OH is 1. The Bertz CT molecular complexity index is 1110. The minimum Gasteiger partial charge on any atom is -0.411 e. The number of aliphatic hydroxyl groups is 2. The van der Waals surface area contributed by atoms with Gasteiger partial charge in [0.15, 0.2) is 5.72 Å². The molecule has 3 N–H and O–H groups in total. The van der Waals surface area contributed by atoms with Gasteiger partial charge in [0.05, 0.1) is 5.71 Å². The van der Waals surface area contributed by atoms with Crippen molar-refractivity contribution in [2.45, 2.75) is 50.4 Å². The summed E-state index contributed by atoms with van der Waals surface area (Å²) >= 11 is 0. The van der Waals surface area contributed by atoms with Crippen LogP contribution in [-0.2, 0) is 12.1 Å². The van der Waals surface area contributed by atoms with E-state index in [1.807, 2.05) is 30.5 Å². The Morgan fingerprint density at radius 1 is 1.03 bits per heavy atom. The van der Waals surface area contributed by atoms with Gasteiger partial charge in [-0.05, 0) is 55.4 Å². The van der Waals surface area contributed by atoms with E-state index in [-0.39, 0.29) is 0 Å². The quantitative estimate of drug-likeness (QED) is 0.459. The molecule has 1 fully saturated rings. The predicted molar refractivity (Wildman–Crippen MR) is 112 cm³/mol. The maximum absolute atomic E-state index is 11.3. The Kier molecular flexibility index (Phi) is 4.64. The summed E-state index contributed by atoms with van der Waals surface area (Å²) in [5, 5.41) is 39.2. The summed E-state index contributed by atoms with van der Waals surface area (Å²) in [5.41, 5.74) is 4.88. The molecular formula is C23H24N4O3. The van der Waals surface area contributed by atoms with Crippen LogP contribution < -0.4 is 0 Å². The summed E-state index contributed by atoms with van der Waals surface area (Å²) in [6.07, 6.45) is 8.72. The molecule has 154 valence electrons. The van der Waals surface area contributed by atoms with Crippen molar-refractivity contribution in [1.29, 1.82) is 0 Å². The second kappa shape index (κ2) is 7.34. The van der Waals surface area contributed by atoms with Crippen LogP contribution in [0.4, 0.5) is 0 Å². The maximum atomic E-state index is 11.3. The number of oxime groups is 1. The van der Waals surface area contributed by atoms with Crippen molar-refractivity contribution < 1.29 is 15.4 Å². The lowest BCUT2D eigenvalue weighted by Crippen LogP contribution is -2.47. The number of aryl methyl sites for hydroxylation is 1. The fourth-order valence-corrected chi connectivity index (χ4v) is 4.64. The molecule has 0 saturated heterocycles. The van der Waals surface area contributed by atoms with E-state index in [0.29, 0.717) is 18.6 Å². The molecule has 3 aromatic rings. The van der Waals surface area contributed by atoms with E-state index in [1.54, 1.807) is 12.4 Å². The van der Waals surface area contributed by atoms with Gasteiger partial charge in [0.25, 0.3) is 0 Å². The molecule has 5 rings (SSSR count). The van der Waals surface area contributed by atoms with Crippen LogP contribution in [0, 0.1) is 0 Å². The molecule has 2 heterocycles. The van der Waals surface area contributed by atoms with Crippen molar-refractivity contribution in [3.05, 3.63) is 60.0 Å². The zero-order valence-electron chi connectivity index (χ0n) is 16.6. The Morgan fingerprint density at radius 3 is 2.63 bits per heavy atom. The van der Waals surface area contributed by atoms with E-state index in [9.17, 15) is 15.4 Å². The highest BCUT2D eigenvalue weighted by atomic mass is 16.4. The molecule has 2 aromatic heterocycles. The fourth-order valence-electron chi connectivity index (χ4n) is 4.64. The average Bonchev–Trinajstić information content (AvgIpc) is 3.41. The number of nitrogens with zero attached hydrogens (tertiary/aromatic N) is 4. The van der Waals surface area contributed by atoms with Crippen LogP contribution in [0.15, 0.2) is 54.1 Å². The normalized spacial score (nSPS) is 24.9. The molecule has 0 aliphatic heterocycles. The first-order valence-corrected chi connectivity index (χ1v) is 10.4. The molecule has 1 saturated carbocycles. The largest absolute Gasteiger partial charge is 0.411 e. The van der Waals surface area contributed by atoms with Gasteiger partial charge in [-0.3, -0.25) is 4.98 Å². The molecular weight excluding hydrogens is 380 g/mol. The first-order valence-electron chi connectivity index (χ1n) is 10.4. The molecule has 2 aliphatic rings. The van der Waals surface area contributed by atoms with E-state index < -0.39 is 11.8 Å². The summed E-state index contributed by atoms with van der Waals surface area (Å²) in [6, 6.07) is 9.84. The van der Waals surface area contributed by atoms with Crippen LogP contribution in [0.5, 0.6) is 0 Å². The van der Waals surface area contributed by atoms with Gasteiger partial charge in [-0.15, -0.1) is 0 Å². The summed E-state index contributed by atoms with van der Waals surface area (Å²) in [4.78, 5) is 4.10. The second-order valence-electron chi connectivity index (χ2n) is 8.13. The monoisotopic (exact) mass is 404 g/mol. The molecule has 2 aliphatic carbocycles. The first-order chi connectivity index (χ1) is 14.6. The number of rotatable bonds is 3. The Labute approximate surface area is 174 Å². The van der Waals surface area contributed by atoms with Gasteiger partial charge in [0.1, 0.15) is 11.8 Å². The van der Waals surface area contributed by atoms with E-state index in [1.165, 1.54) is 4.68 Å².